The first-order valence-electron chi connectivity index (χ1n) is 14.5. The zero-order chi connectivity index (χ0) is 33.5. The molecule has 7 rings (SSSR count). The summed E-state index contributed by atoms with van der Waals surface area (Å²) < 4.78 is 73.9. The minimum atomic E-state index is -3.95. The highest BCUT2D eigenvalue weighted by Crippen LogP contribution is 2.57. The van der Waals surface area contributed by atoms with Crippen molar-refractivity contribution in [2.24, 2.45) is 5.92 Å². The van der Waals surface area contributed by atoms with E-state index < -0.39 is 69.1 Å². The molecule has 3 aliphatic rings. The van der Waals surface area contributed by atoms with Crippen LogP contribution in [-0.2, 0) is 41.4 Å². The summed E-state index contributed by atoms with van der Waals surface area (Å²) in [5, 5.41) is 0. The van der Waals surface area contributed by atoms with Gasteiger partial charge in [0.2, 0.25) is 5.95 Å². The third-order valence-electron chi connectivity index (χ3n) is 8.54. The second kappa shape index (κ2) is 11.4. The van der Waals surface area contributed by atoms with E-state index in [2.05, 4.69) is 29.9 Å². The first-order valence-corrected chi connectivity index (χ1v) is 18.5. The minimum absolute atomic E-state index is 0.00662. The normalized spacial score (nSPS) is 38.2. The molecular formula is C25H34N10O10P2. The maximum atomic E-state index is 14.1. The minimum Gasteiger partial charge on any atom is -0.382 e. The SMILES string of the molecule is COC1C2CO[P@@](C)(=O)OC3C(C)C(n4cnc5c(N)ncnc54)OC3(C)CO[P@@](C)(=O)OC1C(n1cnc3c(=O)[nH]c(N)nc31)O2. The third kappa shape index (κ3) is 5.56. The molecule has 0 amide bonds. The first kappa shape index (κ1) is 32.2. The van der Waals surface area contributed by atoms with Gasteiger partial charge in [0.25, 0.3) is 5.56 Å². The molecule has 0 radical (unpaired) electrons. The van der Waals surface area contributed by atoms with Crippen molar-refractivity contribution in [2.45, 2.75) is 56.3 Å². The van der Waals surface area contributed by atoms with Crippen LogP contribution in [0.15, 0.2) is 23.8 Å². The van der Waals surface area contributed by atoms with Crippen molar-refractivity contribution >= 4 is 49.3 Å². The largest absolute Gasteiger partial charge is 0.382 e. The molecule has 7 heterocycles. The van der Waals surface area contributed by atoms with E-state index in [0.29, 0.717) is 11.2 Å². The summed E-state index contributed by atoms with van der Waals surface area (Å²) in [6.45, 7) is 5.59. The predicted molar refractivity (Wildman–Crippen MR) is 163 cm³/mol. The van der Waals surface area contributed by atoms with E-state index >= 15 is 0 Å². The molecule has 22 heteroatoms. The number of anilines is 2. The number of aromatic amines is 1. The molecule has 3 fully saturated rings. The Labute approximate surface area is 266 Å². The van der Waals surface area contributed by atoms with E-state index in [1.807, 2.05) is 6.92 Å². The number of aromatic nitrogens is 8. The molecule has 2 bridgehead atoms. The molecule has 254 valence electrons. The molecule has 5 N–H and O–H groups in total. The summed E-state index contributed by atoms with van der Waals surface area (Å²) in [6, 6.07) is 0. The quantitative estimate of drug-likeness (QED) is 0.256. The van der Waals surface area contributed by atoms with Gasteiger partial charge in [-0.05, 0) is 6.92 Å². The Hall–Kier alpha value is -3.32. The highest BCUT2D eigenvalue weighted by Gasteiger charge is 2.57. The Balaban J connectivity index is 1.24. The number of hydrogen-bond acceptors (Lipinski definition) is 17. The lowest BCUT2D eigenvalue weighted by Crippen LogP contribution is -2.43. The van der Waals surface area contributed by atoms with Crippen molar-refractivity contribution < 1.29 is 41.4 Å². The van der Waals surface area contributed by atoms with Crippen molar-refractivity contribution in [1.29, 1.82) is 0 Å². The van der Waals surface area contributed by atoms with Gasteiger partial charge < -0.3 is 39.2 Å². The molecule has 4 aromatic heterocycles. The lowest BCUT2D eigenvalue weighted by atomic mass is 9.93. The van der Waals surface area contributed by atoms with Gasteiger partial charge in [0, 0.05) is 26.4 Å². The molecule has 20 nitrogen and oxygen atoms in total. The molecule has 3 saturated heterocycles. The molecule has 47 heavy (non-hydrogen) atoms. The van der Waals surface area contributed by atoms with Crippen LogP contribution >= 0.6 is 15.2 Å². The van der Waals surface area contributed by atoms with Gasteiger partial charge in [0.1, 0.15) is 48.1 Å². The standard InChI is InChI=1S/C25H34N10O10P2/c1-11-17-25(2,43-22(11)34-9-30-13-18(26)28-8-29-19(13)34)7-41-47(5,38)44-16-15(39-3)12(6-40-46(4,37)45-17)42-23(16)35-10-31-14-20(35)32-24(27)33-21(14)36/h8-12,15-17,22-23H,6-7H2,1-5H3,(H2,26,28,29)(H3,27,32,33,36)/t11?,12?,15?,16?,17?,22?,23?,25?,46-,47-/m1/s1. The number of nitrogens with one attached hydrogen (secondary N) is 1. The van der Waals surface area contributed by atoms with Crippen LogP contribution in [0.5, 0.6) is 0 Å². The Bertz CT molecular complexity index is 2000. The number of methoxy groups -OCH3 is 1. The average Bonchev–Trinajstić information content (AvgIpc) is 3.75. The van der Waals surface area contributed by atoms with Crippen LogP contribution in [0.4, 0.5) is 11.8 Å². The number of hydrogen-bond donors (Lipinski definition) is 3. The molecule has 4 aromatic rings. The number of nitrogens with zero attached hydrogens (tertiary/aromatic N) is 7. The van der Waals surface area contributed by atoms with Gasteiger partial charge in [-0.2, -0.15) is 4.98 Å². The van der Waals surface area contributed by atoms with Crippen molar-refractivity contribution in [1.82, 2.24) is 39.0 Å². The van der Waals surface area contributed by atoms with Gasteiger partial charge in [0.05, 0.1) is 25.9 Å². The lowest BCUT2D eigenvalue weighted by molar-refractivity contribution is -0.111. The second-order valence-corrected chi connectivity index (χ2v) is 16.0. The molecule has 0 spiro atoms. The highest BCUT2D eigenvalue weighted by atomic mass is 31.2. The Morgan fingerprint density at radius 2 is 1.70 bits per heavy atom. The number of nitrogens with two attached hydrogens (primary N) is 2. The maximum Gasteiger partial charge on any atom is 0.328 e. The fourth-order valence-electron chi connectivity index (χ4n) is 6.38. The van der Waals surface area contributed by atoms with Crippen LogP contribution in [0.2, 0.25) is 0 Å². The van der Waals surface area contributed by atoms with Crippen LogP contribution in [0.3, 0.4) is 0 Å². The first-order chi connectivity index (χ1) is 22.2. The second-order valence-electron chi connectivity index (χ2n) is 12.0. The van der Waals surface area contributed by atoms with E-state index in [4.69, 9.17) is 43.8 Å². The monoisotopic (exact) mass is 696 g/mol. The van der Waals surface area contributed by atoms with E-state index in [9.17, 15) is 13.9 Å². The van der Waals surface area contributed by atoms with E-state index in [-0.39, 0.29) is 36.1 Å². The number of H-pyrrole nitrogens is 1. The molecule has 0 saturated carbocycles. The van der Waals surface area contributed by atoms with Crippen LogP contribution in [0.25, 0.3) is 22.3 Å². The average molecular weight is 697 g/mol. The van der Waals surface area contributed by atoms with Gasteiger partial charge in [0.15, 0.2) is 28.9 Å². The summed E-state index contributed by atoms with van der Waals surface area (Å²) in [4.78, 5) is 35.9. The zero-order valence-corrected chi connectivity index (χ0v) is 27.7. The smallest absolute Gasteiger partial charge is 0.328 e. The Morgan fingerprint density at radius 3 is 2.45 bits per heavy atom. The summed E-state index contributed by atoms with van der Waals surface area (Å²) in [5.41, 5.74) is 10.8. The fourth-order valence-corrected chi connectivity index (χ4v) is 8.91. The molecule has 0 aliphatic carbocycles. The zero-order valence-electron chi connectivity index (χ0n) is 25.9. The van der Waals surface area contributed by atoms with Crippen LogP contribution in [-0.4, -0.2) is 103 Å². The van der Waals surface area contributed by atoms with Crippen molar-refractivity contribution in [3.05, 3.63) is 29.3 Å². The third-order valence-corrected chi connectivity index (χ3v) is 11.0. The number of nitrogen functional groups attached to an aromatic ring is 2. The molecule has 3 aliphatic heterocycles. The molecule has 0 aromatic carbocycles. The van der Waals surface area contributed by atoms with Crippen LogP contribution < -0.4 is 17.0 Å². The molecule has 10 atom stereocenters. The highest BCUT2D eigenvalue weighted by molar-refractivity contribution is 7.53. The van der Waals surface area contributed by atoms with Crippen LogP contribution in [0.1, 0.15) is 26.3 Å². The predicted octanol–water partition coefficient (Wildman–Crippen LogP) is 1.42. The lowest BCUT2D eigenvalue weighted by Gasteiger charge is -2.33. The Morgan fingerprint density at radius 1 is 1.00 bits per heavy atom. The summed E-state index contributed by atoms with van der Waals surface area (Å²) >= 11 is 0. The van der Waals surface area contributed by atoms with E-state index in [1.165, 1.54) is 44.0 Å². The van der Waals surface area contributed by atoms with Crippen molar-refractivity contribution in [2.75, 3.05) is 45.1 Å². The molecular weight excluding hydrogens is 662 g/mol. The summed E-state index contributed by atoms with van der Waals surface area (Å²) in [5.74, 6) is -0.426. The van der Waals surface area contributed by atoms with Gasteiger partial charge in [-0.1, -0.05) is 6.92 Å². The number of fused-ring (bicyclic) bond motifs is 5. The summed E-state index contributed by atoms with van der Waals surface area (Å²) in [7, 11) is -6.37. The van der Waals surface area contributed by atoms with Gasteiger partial charge in [-0.15, -0.1) is 0 Å². The Kier molecular flexibility index (Phi) is 7.81. The van der Waals surface area contributed by atoms with Crippen molar-refractivity contribution in [3.63, 3.8) is 0 Å². The van der Waals surface area contributed by atoms with E-state index in [1.54, 1.807) is 11.5 Å². The van der Waals surface area contributed by atoms with E-state index in [0.717, 1.165) is 0 Å². The number of ether oxygens (including phenoxy) is 3. The summed E-state index contributed by atoms with van der Waals surface area (Å²) in [6.07, 6.45) is -1.50. The molecule has 8 unspecified atom stereocenters. The van der Waals surface area contributed by atoms with Gasteiger partial charge in [-0.3, -0.25) is 32.6 Å². The maximum absolute atomic E-state index is 14.1. The van der Waals surface area contributed by atoms with Crippen molar-refractivity contribution in [3.8, 4) is 0 Å². The van der Waals surface area contributed by atoms with Gasteiger partial charge >= 0.3 is 15.2 Å². The van der Waals surface area contributed by atoms with Gasteiger partial charge in [-0.25, -0.2) is 19.9 Å². The fraction of sp³-hybridized carbons (Fsp3) is 0.600. The van der Waals surface area contributed by atoms with Crippen LogP contribution in [0, 0.1) is 5.92 Å². The topological polar surface area (TPSA) is 258 Å². The number of imidazole rings is 2. The number of rotatable bonds is 3.